The molecule has 0 saturated carbocycles. The molecular formula is C52H24F18O2S3. The first kappa shape index (κ1) is 54.7. The van der Waals surface area contributed by atoms with Crippen LogP contribution in [0.25, 0.3) is 22.3 Å². The first-order valence-electron chi connectivity index (χ1n) is 21.0. The molecule has 0 amide bonds. The number of benzene rings is 6. The molecule has 2 aliphatic rings. The lowest BCUT2D eigenvalue weighted by atomic mass is 9.66. The highest BCUT2D eigenvalue weighted by Gasteiger charge is 2.61. The number of halogens is 18. The van der Waals surface area contributed by atoms with Crippen LogP contribution in [0, 0.1) is 46.5 Å². The van der Waals surface area contributed by atoms with Crippen LogP contribution in [0.4, 0.5) is 79.0 Å². The molecule has 0 radical (unpaired) electrons. The normalized spacial score (nSPS) is 20.2. The monoisotopic (exact) mass is 1120 g/mol. The molecule has 0 fully saturated rings. The van der Waals surface area contributed by atoms with Gasteiger partial charge in [0.05, 0.1) is 20.9 Å². The Balaban J connectivity index is 1.26. The number of carbonyl (C=O) groups is 2. The highest BCUT2D eigenvalue weighted by atomic mass is 32.2. The summed E-state index contributed by atoms with van der Waals surface area (Å²) in [6, 6.07) is 17.5. The van der Waals surface area contributed by atoms with Crippen LogP contribution >= 0.6 is 35.3 Å². The number of thioether (sulfide) groups is 2. The maximum atomic E-state index is 16.5. The summed E-state index contributed by atoms with van der Waals surface area (Å²) in [6.45, 7) is 2.54. The Kier molecular flexibility index (Phi) is 14.9. The Labute approximate surface area is 423 Å². The third-order valence-corrected chi connectivity index (χ3v) is 14.8. The van der Waals surface area contributed by atoms with Gasteiger partial charge in [-0.1, -0.05) is 108 Å². The molecule has 0 aromatic heterocycles. The fourth-order valence-electron chi connectivity index (χ4n) is 8.69. The van der Waals surface area contributed by atoms with Gasteiger partial charge in [-0.25, -0.2) is 79.0 Å². The van der Waals surface area contributed by atoms with E-state index in [-0.39, 0.29) is 32.5 Å². The van der Waals surface area contributed by atoms with Crippen LogP contribution < -0.4 is 0 Å². The van der Waals surface area contributed by atoms with Crippen molar-refractivity contribution >= 4 is 45.5 Å². The van der Waals surface area contributed by atoms with Crippen LogP contribution in [-0.4, -0.2) is 22.6 Å². The summed E-state index contributed by atoms with van der Waals surface area (Å²) in [6.07, 6.45) is -8.20. The molecule has 2 aliphatic carbocycles. The predicted octanol–water partition coefficient (Wildman–Crippen LogP) is 17.4. The van der Waals surface area contributed by atoms with Gasteiger partial charge >= 0.3 is 0 Å². The number of alkyl halides is 2. The SMILES string of the molecule is CC(=O)Sc1ccc(-c2ccc(C3(c4c(F)c(F)c(Sc5c(F)c(F)c(C6(c7ccc(-c8ccc(SC(C)=O)cc8)cc7)C(F)=C(F)C(F)=C(F)C6F)c(F)c5F)c(F)c4F)C(F)=C(F)C(F)=C(F)C3F)cc2)cc1. The minimum Gasteiger partial charge on any atom is -0.287 e. The third-order valence-electron chi connectivity index (χ3n) is 12.1. The zero-order valence-corrected chi connectivity index (χ0v) is 39.7. The minimum atomic E-state index is -4.36. The second kappa shape index (κ2) is 20.5. The van der Waals surface area contributed by atoms with Gasteiger partial charge in [-0.05, 0) is 57.6 Å². The van der Waals surface area contributed by atoms with Crippen molar-refractivity contribution in [3.8, 4) is 22.3 Å². The number of rotatable bonds is 10. The molecule has 6 aromatic carbocycles. The summed E-state index contributed by atoms with van der Waals surface area (Å²) in [4.78, 5) is 19.1. The topological polar surface area (TPSA) is 34.1 Å². The number of carbonyl (C=O) groups excluding carboxylic acids is 2. The fraction of sp³-hybridized carbons (Fsp3) is 0.115. The van der Waals surface area contributed by atoms with Crippen LogP contribution in [0.3, 0.4) is 0 Å². The quantitative estimate of drug-likeness (QED) is 0.0776. The molecule has 388 valence electrons. The molecule has 4 atom stereocenters. The van der Waals surface area contributed by atoms with Gasteiger partial charge in [-0.3, -0.25) is 9.59 Å². The molecule has 6 aromatic rings. The van der Waals surface area contributed by atoms with Crippen molar-refractivity contribution in [2.45, 2.75) is 56.6 Å². The molecule has 75 heavy (non-hydrogen) atoms. The van der Waals surface area contributed by atoms with Crippen molar-refractivity contribution in [3.05, 3.63) is 212 Å². The smallest absolute Gasteiger partial charge is 0.196 e. The molecule has 4 unspecified atom stereocenters. The molecule has 23 heteroatoms. The van der Waals surface area contributed by atoms with E-state index in [1.54, 1.807) is 0 Å². The van der Waals surface area contributed by atoms with Crippen molar-refractivity contribution in [1.82, 2.24) is 0 Å². The summed E-state index contributed by atoms with van der Waals surface area (Å²) in [5, 5.41) is -0.587. The van der Waals surface area contributed by atoms with Gasteiger partial charge in [0.2, 0.25) is 0 Å². The molecule has 0 spiro atoms. The molecular weight excluding hydrogens is 1090 g/mol. The Hall–Kier alpha value is -6.59. The van der Waals surface area contributed by atoms with E-state index in [0.29, 0.717) is 34.1 Å². The van der Waals surface area contributed by atoms with E-state index in [9.17, 15) is 18.4 Å². The van der Waals surface area contributed by atoms with Gasteiger partial charge in [-0.2, -0.15) is 0 Å². The summed E-state index contributed by atoms with van der Waals surface area (Å²) >= 11 is 0.394. The number of allylic oxidation sites excluding steroid dienone is 8. The van der Waals surface area contributed by atoms with Crippen LogP contribution in [0.5, 0.6) is 0 Å². The van der Waals surface area contributed by atoms with Crippen LogP contribution in [0.15, 0.2) is 163 Å². The van der Waals surface area contributed by atoms with Gasteiger partial charge in [0.15, 0.2) is 116 Å². The van der Waals surface area contributed by atoms with Crippen molar-refractivity contribution in [2.75, 3.05) is 0 Å². The van der Waals surface area contributed by atoms with Gasteiger partial charge < -0.3 is 0 Å². The fourth-order valence-corrected chi connectivity index (χ4v) is 10.8. The van der Waals surface area contributed by atoms with Crippen molar-refractivity contribution < 1.29 is 88.6 Å². The van der Waals surface area contributed by atoms with E-state index < -0.39 is 160 Å². The van der Waals surface area contributed by atoms with Gasteiger partial charge in [0.1, 0.15) is 10.8 Å². The molecule has 0 N–H and O–H groups in total. The van der Waals surface area contributed by atoms with Crippen LogP contribution in [-0.2, 0) is 20.4 Å². The lowest BCUT2D eigenvalue weighted by Gasteiger charge is -2.39. The van der Waals surface area contributed by atoms with Crippen LogP contribution in [0.1, 0.15) is 36.1 Å². The lowest BCUT2D eigenvalue weighted by molar-refractivity contribution is -0.109. The lowest BCUT2D eigenvalue weighted by Crippen LogP contribution is -2.44. The Morgan fingerprint density at radius 1 is 0.373 bits per heavy atom. The first-order chi connectivity index (χ1) is 35.3. The van der Waals surface area contributed by atoms with E-state index in [1.165, 1.54) is 62.4 Å². The first-order valence-corrected chi connectivity index (χ1v) is 23.5. The minimum absolute atomic E-state index is 0.0996. The molecule has 2 nitrogen and oxygen atoms in total. The van der Waals surface area contributed by atoms with Crippen LogP contribution in [0.2, 0.25) is 0 Å². The van der Waals surface area contributed by atoms with E-state index in [2.05, 4.69) is 0 Å². The van der Waals surface area contributed by atoms with E-state index in [4.69, 9.17) is 0 Å². The molecule has 0 bridgehead atoms. The van der Waals surface area contributed by atoms with E-state index >= 15 is 70.2 Å². The average molecular weight is 1120 g/mol. The van der Waals surface area contributed by atoms with E-state index in [1.807, 2.05) is 0 Å². The summed E-state index contributed by atoms with van der Waals surface area (Å²) in [5.41, 5.74) is -15.6. The molecule has 8 rings (SSSR count). The van der Waals surface area contributed by atoms with Crippen molar-refractivity contribution in [2.24, 2.45) is 0 Å². The zero-order valence-electron chi connectivity index (χ0n) is 37.2. The largest absolute Gasteiger partial charge is 0.287 e. The summed E-state index contributed by atoms with van der Waals surface area (Å²) in [5.74, 6) is -46.9. The summed E-state index contributed by atoms with van der Waals surface area (Å²) in [7, 11) is 0. The van der Waals surface area contributed by atoms with Gasteiger partial charge in [0, 0.05) is 23.6 Å². The number of hydrogen-bond donors (Lipinski definition) is 0. The number of hydrogen-bond acceptors (Lipinski definition) is 5. The molecule has 0 aliphatic heterocycles. The second-order valence-electron chi connectivity index (χ2n) is 16.3. The molecule has 0 heterocycles. The molecule has 0 saturated heterocycles. The Morgan fingerprint density at radius 3 is 0.880 bits per heavy atom. The standard InChI is InChI=1S/C52H24F18O2S3/c1-19(71)73-27-15-7-23(8-16-27)21-3-11-25(12-4-21)51(47(67)41(63)35(57)42(64)48(51)68)29-31(53)37(59)45(38(60)32(29)54)75-46-39(61)33(55)30(34(56)40(46)62)52(49(69)43(65)36(58)44(66)50(52)70)26-13-5-22(6-14-26)24-9-17-28(18-10-24)74-20(2)72/h3-18,47,49H,1-2H3. The predicted molar refractivity (Wildman–Crippen MR) is 242 cm³/mol. The Morgan fingerprint density at radius 2 is 0.627 bits per heavy atom. The van der Waals surface area contributed by atoms with Crippen molar-refractivity contribution in [3.63, 3.8) is 0 Å². The highest BCUT2D eigenvalue weighted by Crippen LogP contribution is 2.58. The van der Waals surface area contributed by atoms with E-state index in [0.717, 1.165) is 47.8 Å². The van der Waals surface area contributed by atoms with Gasteiger partial charge in [-0.15, -0.1) is 0 Å². The average Bonchev–Trinajstić information content (AvgIpc) is 3.39. The third kappa shape index (κ3) is 8.76. The van der Waals surface area contributed by atoms with Crippen molar-refractivity contribution in [1.29, 1.82) is 0 Å². The zero-order chi connectivity index (χ0) is 54.9. The maximum absolute atomic E-state index is 16.5. The summed E-state index contributed by atoms with van der Waals surface area (Å²) < 4.78 is 286. The second-order valence-corrected chi connectivity index (χ2v) is 19.9. The maximum Gasteiger partial charge on any atom is 0.196 e. The highest BCUT2D eigenvalue weighted by molar-refractivity contribution is 8.13. The Bertz CT molecular complexity index is 3220. The van der Waals surface area contributed by atoms with Gasteiger partial charge in [0.25, 0.3) is 0 Å².